The van der Waals surface area contributed by atoms with Gasteiger partial charge in [-0.2, -0.15) is 5.26 Å². The molecular weight excluding hydrogens is 212 g/mol. The van der Waals surface area contributed by atoms with Crippen molar-refractivity contribution in [1.82, 2.24) is 15.1 Å². The summed E-state index contributed by atoms with van der Waals surface area (Å²) in [6, 6.07) is 1.67. The maximum absolute atomic E-state index is 11.3. The number of carbonyl (C=O) groups excluding carboxylic acids is 3. The molecule has 7 nitrogen and oxygen atoms in total. The Bertz CT molecular complexity index is 332. The number of hydrogen-bond donors (Lipinski definition) is 1. The van der Waals surface area contributed by atoms with Gasteiger partial charge in [0, 0.05) is 21.1 Å². The summed E-state index contributed by atoms with van der Waals surface area (Å²) in [6.07, 6.45) is 0. The summed E-state index contributed by atoms with van der Waals surface area (Å²) in [7, 11) is 4.45. The second-order valence-electron chi connectivity index (χ2n) is 3.29. The lowest BCUT2D eigenvalue weighted by Crippen LogP contribution is -2.45. The molecule has 0 radical (unpaired) electrons. The molecule has 1 N–H and O–H groups in total. The quantitative estimate of drug-likeness (QED) is 0.452. The normalized spacial score (nSPS) is 8.88. The Labute approximate surface area is 93.6 Å². The van der Waals surface area contributed by atoms with Crippen LogP contribution in [0.15, 0.2) is 0 Å². The molecule has 0 saturated carbocycles. The summed E-state index contributed by atoms with van der Waals surface area (Å²) in [5.74, 6) is -2.02. The topological polar surface area (TPSA) is 93.5 Å². The Balaban J connectivity index is 4.24. The number of carbonyl (C=O) groups is 3. The van der Waals surface area contributed by atoms with E-state index >= 15 is 0 Å². The number of hydrogen-bond acceptors (Lipinski definition) is 4. The minimum Gasteiger partial charge on any atom is -0.347 e. The van der Waals surface area contributed by atoms with Gasteiger partial charge in [0.1, 0.15) is 6.54 Å². The van der Waals surface area contributed by atoms with E-state index in [1.165, 1.54) is 11.9 Å². The number of nitriles is 1. The van der Waals surface area contributed by atoms with Gasteiger partial charge in [0.2, 0.25) is 5.91 Å². The number of likely N-dealkylation sites (N-methyl/N-ethyl adjacent to an activating group) is 2. The van der Waals surface area contributed by atoms with E-state index in [-0.39, 0.29) is 19.0 Å². The minimum absolute atomic E-state index is 0.175. The lowest BCUT2D eigenvalue weighted by molar-refractivity contribution is -0.147. The molecule has 0 aromatic heterocycles. The van der Waals surface area contributed by atoms with Crippen LogP contribution < -0.4 is 5.32 Å². The summed E-state index contributed by atoms with van der Waals surface area (Å²) in [4.78, 5) is 36.0. The third kappa shape index (κ3) is 4.41. The molecule has 0 bridgehead atoms. The van der Waals surface area contributed by atoms with Crippen molar-refractivity contribution in [3.8, 4) is 6.07 Å². The van der Waals surface area contributed by atoms with Gasteiger partial charge in [-0.1, -0.05) is 0 Å². The number of nitrogens with one attached hydrogen (secondary N) is 1. The van der Waals surface area contributed by atoms with Crippen molar-refractivity contribution in [2.45, 2.75) is 0 Å². The SMILES string of the molecule is CN(C)C(=O)CN(C)C(=O)C(=O)NCC#N. The fourth-order valence-electron chi connectivity index (χ4n) is 0.785. The fraction of sp³-hybridized carbons (Fsp3) is 0.556. The van der Waals surface area contributed by atoms with Crippen LogP contribution in [-0.2, 0) is 14.4 Å². The number of nitrogens with zero attached hydrogens (tertiary/aromatic N) is 3. The van der Waals surface area contributed by atoms with E-state index in [1.54, 1.807) is 20.2 Å². The molecule has 0 aliphatic rings. The van der Waals surface area contributed by atoms with Crippen LogP contribution in [0.25, 0.3) is 0 Å². The Morgan fingerprint density at radius 2 is 1.81 bits per heavy atom. The molecular formula is C9H14N4O3. The zero-order valence-electron chi connectivity index (χ0n) is 9.48. The van der Waals surface area contributed by atoms with Crippen molar-refractivity contribution < 1.29 is 14.4 Å². The van der Waals surface area contributed by atoms with Crippen LogP contribution in [0.1, 0.15) is 0 Å². The van der Waals surface area contributed by atoms with Crippen LogP contribution in [0.4, 0.5) is 0 Å². The Hall–Kier alpha value is -2.10. The highest BCUT2D eigenvalue weighted by Crippen LogP contribution is 1.88. The molecule has 16 heavy (non-hydrogen) atoms. The van der Waals surface area contributed by atoms with Crippen molar-refractivity contribution in [2.24, 2.45) is 0 Å². The molecule has 0 aliphatic heterocycles. The summed E-state index contributed by atoms with van der Waals surface area (Å²) in [5, 5.41) is 10.3. The highest BCUT2D eigenvalue weighted by molar-refractivity contribution is 6.35. The standard InChI is InChI=1S/C9H14N4O3/c1-12(2)7(14)6-13(3)9(16)8(15)11-5-4-10/h5-6H2,1-3H3,(H,11,15). The van der Waals surface area contributed by atoms with Crippen LogP contribution >= 0.6 is 0 Å². The van der Waals surface area contributed by atoms with Crippen LogP contribution in [0.2, 0.25) is 0 Å². The molecule has 0 heterocycles. The van der Waals surface area contributed by atoms with E-state index in [2.05, 4.69) is 5.32 Å². The van der Waals surface area contributed by atoms with Crippen molar-refractivity contribution >= 4 is 17.7 Å². The average molecular weight is 226 g/mol. The molecule has 0 unspecified atom stereocenters. The monoisotopic (exact) mass is 226 g/mol. The van der Waals surface area contributed by atoms with Gasteiger partial charge in [0.25, 0.3) is 0 Å². The van der Waals surface area contributed by atoms with Crippen LogP contribution in [0, 0.1) is 11.3 Å². The van der Waals surface area contributed by atoms with Crippen molar-refractivity contribution in [2.75, 3.05) is 34.2 Å². The van der Waals surface area contributed by atoms with E-state index in [0.29, 0.717) is 0 Å². The second-order valence-corrected chi connectivity index (χ2v) is 3.29. The summed E-state index contributed by atoms with van der Waals surface area (Å²) >= 11 is 0. The number of amides is 3. The van der Waals surface area contributed by atoms with E-state index in [4.69, 9.17) is 5.26 Å². The van der Waals surface area contributed by atoms with Crippen molar-refractivity contribution in [3.05, 3.63) is 0 Å². The minimum atomic E-state index is -0.893. The maximum Gasteiger partial charge on any atom is 0.312 e. The Morgan fingerprint density at radius 1 is 1.25 bits per heavy atom. The van der Waals surface area contributed by atoms with Gasteiger partial charge in [0.05, 0.1) is 12.6 Å². The molecule has 0 rings (SSSR count). The molecule has 7 heteroatoms. The zero-order chi connectivity index (χ0) is 12.7. The molecule has 0 saturated heterocycles. The van der Waals surface area contributed by atoms with Gasteiger partial charge in [-0.15, -0.1) is 0 Å². The van der Waals surface area contributed by atoms with E-state index in [1.807, 2.05) is 0 Å². The molecule has 0 aliphatic carbocycles. The summed E-state index contributed by atoms with van der Waals surface area (Å²) < 4.78 is 0. The van der Waals surface area contributed by atoms with Gasteiger partial charge in [0.15, 0.2) is 0 Å². The summed E-state index contributed by atoms with van der Waals surface area (Å²) in [6.45, 7) is -0.411. The van der Waals surface area contributed by atoms with Gasteiger partial charge < -0.3 is 15.1 Å². The molecule has 0 spiro atoms. The Kier molecular flexibility index (Phi) is 5.56. The average Bonchev–Trinajstić information content (AvgIpc) is 2.24. The smallest absolute Gasteiger partial charge is 0.312 e. The predicted octanol–water partition coefficient (Wildman–Crippen LogP) is -1.83. The lowest BCUT2D eigenvalue weighted by Gasteiger charge is -2.18. The molecule has 3 amide bonds. The second kappa shape index (κ2) is 6.40. The third-order valence-electron chi connectivity index (χ3n) is 1.74. The summed E-state index contributed by atoms with van der Waals surface area (Å²) in [5.41, 5.74) is 0. The van der Waals surface area contributed by atoms with Crippen LogP contribution in [0.5, 0.6) is 0 Å². The highest BCUT2D eigenvalue weighted by Gasteiger charge is 2.20. The van der Waals surface area contributed by atoms with Crippen molar-refractivity contribution in [3.63, 3.8) is 0 Å². The van der Waals surface area contributed by atoms with Crippen molar-refractivity contribution in [1.29, 1.82) is 5.26 Å². The largest absolute Gasteiger partial charge is 0.347 e. The molecule has 0 aromatic carbocycles. The number of rotatable bonds is 3. The Morgan fingerprint density at radius 3 is 2.25 bits per heavy atom. The first-order valence-corrected chi connectivity index (χ1v) is 4.50. The lowest BCUT2D eigenvalue weighted by atomic mass is 10.4. The fourth-order valence-corrected chi connectivity index (χ4v) is 0.785. The van der Waals surface area contributed by atoms with Crippen LogP contribution in [-0.4, -0.2) is 61.8 Å². The molecule has 0 fully saturated rings. The first-order chi connectivity index (χ1) is 7.40. The van der Waals surface area contributed by atoms with E-state index in [0.717, 1.165) is 4.90 Å². The first kappa shape index (κ1) is 13.9. The van der Waals surface area contributed by atoms with Gasteiger partial charge in [-0.3, -0.25) is 14.4 Å². The predicted molar refractivity (Wildman–Crippen MR) is 55.0 cm³/mol. The molecule has 88 valence electrons. The van der Waals surface area contributed by atoms with Crippen LogP contribution in [0.3, 0.4) is 0 Å². The van der Waals surface area contributed by atoms with Gasteiger partial charge in [-0.25, -0.2) is 0 Å². The molecule has 0 atom stereocenters. The first-order valence-electron chi connectivity index (χ1n) is 4.50. The van der Waals surface area contributed by atoms with E-state index in [9.17, 15) is 14.4 Å². The highest BCUT2D eigenvalue weighted by atomic mass is 16.2. The maximum atomic E-state index is 11.3. The zero-order valence-corrected chi connectivity index (χ0v) is 9.48. The third-order valence-corrected chi connectivity index (χ3v) is 1.74. The van der Waals surface area contributed by atoms with E-state index < -0.39 is 11.8 Å². The van der Waals surface area contributed by atoms with Gasteiger partial charge in [-0.05, 0) is 0 Å². The van der Waals surface area contributed by atoms with Gasteiger partial charge >= 0.3 is 11.8 Å². The molecule has 0 aromatic rings.